The fraction of sp³-hybridized carbons (Fsp3) is 0.379. The molecule has 0 unspecified atom stereocenters. The largest absolute Gasteiger partial charge is 4.00 e. The Balaban J connectivity index is 0.00000171. The van der Waals surface area contributed by atoms with Crippen molar-refractivity contribution in [1.82, 2.24) is 0 Å². The summed E-state index contributed by atoms with van der Waals surface area (Å²) < 4.78 is 0. The fourth-order valence-corrected chi connectivity index (χ4v) is 5.19. The number of halogens is 2. The third-order valence-electron chi connectivity index (χ3n) is 6.45. The van der Waals surface area contributed by atoms with E-state index in [1.807, 2.05) is 0 Å². The van der Waals surface area contributed by atoms with Crippen LogP contribution in [0.25, 0.3) is 21.5 Å². The van der Waals surface area contributed by atoms with Crippen molar-refractivity contribution >= 4 is 21.5 Å². The molecule has 0 heterocycles. The van der Waals surface area contributed by atoms with Gasteiger partial charge in [-0.05, 0) is 5.41 Å². The third-order valence-corrected chi connectivity index (χ3v) is 6.45. The van der Waals surface area contributed by atoms with Gasteiger partial charge in [-0.1, -0.05) is 78.4 Å². The Kier molecular flexibility index (Phi) is 8.91. The van der Waals surface area contributed by atoms with Crippen LogP contribution in [0.5, 0.6) is 0 Å². The molecular formula is C29H34Cl2Zr. The van der Waals surface area contributed by atoms with Gasteiger partial charge in [0.1, 0.15) is 0 Å². The van der Waals surface area contributed by atoms with E-state index < -0.39 is 0 Å². The molecule has 0 atom stereocenters. The van der Waals surface area contributed by atoms with E-state index in [9.17, 15) is 0 Å². The molecule has 0 saturated carbocycles. The first kappa shape index (κ1) is 29.2. The zero-order chi connectivity index (χ0) is 21.2. The first-order chi connectivity index (χ1) is 13.4. The average molecular weight is 545 g/mol. The van der Waals surface area contributed by atoms with Crippen LogP contribution in [-0.2, 0) is 42.4 Å². The van der Waals surface area contributed by atoms with Crippen LogP contribution in [0.4, 0.5) is 0 Å². The second-order valence-corrected chi connectivity index (χ2v) is 11.2. The monoisotopic (exact) mass is 542 g/mol. The van der Waals surface area contributed by atoms with Crippen LogP contribution in [0, 0.1) is 0 Å². The second kappa shape index (κ2) is 9.78. The summed E-state index contributed by atoms with van der Waals surface area (Å²) in [6, 6.07) is 22.7. The number of hydrogen-bond donors (Lipinski definition) is 0. The van der Waals surface area contributed by atoms with E-state index in [1.54, 1.807) is 0 Å². The SMILES string of the molecule is CC(C)(C)c1c(C(C)(C)c2[cH-]c3ccccc3c2C(C)(C)C)[cH-]c2ccccc12.[Cl-].[Cl-].[Zr+4]. The van der Waals surface area contributed by atoms with E-state index in [0.717, 1.165) is 0 Å². The molecule has 0 aliphatic rings. The van der Waals surface area contributed by atoms with E-state index in [2.05, 4.69) is 116 Å². The predicted octanol–water partition coefficient (Wildman–Crippen LogP) is 2.36. The molecule has 3 heteroatoms. The summed E-state index contributed by atoms with van der Waals surface area (Å²) in [6.07, 6.45) is 0. The minimum atomic E-state index is -0.0801. The van der Waals surface area contributed by atoms with Crippen LogP contribution in [-0.4, -0.2) is 0 Å². The molecule has 0 fully saturated rings. The maximum atomic E-state index is 2.44. The van der Waals surface area contributed by atoms with E-state index in [1.165, 1.54) is 43.8 Å². The first-order valence-electron chi connectivity index (χ1n) is 10.8. The molecule has 0 N–H and O–H groups in total. The molecule has 4 aromatic carbocycles. The number of hydrogen-bond acceptors (Lipinski definition) is 0. The number of fused-ring (bicyclic) bond motifs is 2. The average Bonchev–Trinajstić information content (AvgIpc) is 3.20. The smallest absolute Gasteiger partial charge is 1.00 e. The van der Waals surface area contributed by atoms with Crippen LogP contribution in [0.15, 0.2) is 60.7 Å². The van der Waals surface area contributed by atoms with Crippen molar-refractivity contribution in [3.8, 4) is 0 Å². The van der Waals surface area contributed by atoms with Gasteiger partial charge in [0, 0.05) is 0 Å². The van der Waals surface area contributed by atoms with Crippen molar-refractivity contribution in [1.29, 1.82) is 0 Å². The molecule has 4 rings (SSSR count). The summed E-state index contributed by atoms with van der Waals surface area (Å²) in [5.41, 5.74) is 6.00. The van der Waals surface area contributed by atoms with Crippen molar-refractivity contribution in [2.75, 3.05) is 0 Å². The van der Waals surface area contributed by atoms with Gasteiger partial charge < -0.3 is 24.8 Å². The second-order valence-electron chi connectivity index (χ2n) is 11.2. The summed E-state index contributed by atoms with van der Waals surface area (Å²) in [5.74, 6) is 0. The van der Waals surface area contributed by atoms with Gasteiger partial charge in [-0.2, -0.15) is 0 Å². The van der Waals surface area contributed by atoms with Crippen LogP contribution in [0.3, 0.4) is 0 Å². The minimum absolute atomic E-state index is 0. The molecule has 0 amide bonds. The fourth-order valence-electron chi connectivity index (χ4n) is 5.19. The normalized spacial score (nSPS) is 12.2. The van der Waals surface area contributed by atoms with Gasteiger partial charge in [0.15, 0.2) is 0 Å². The van der Waals surface area contributed by atoms with E-state index in [0.29, 0.717) is 0 Å². The zero-order valence-electron chi connectivity index (χ0n) is 20.5. The van der Waals surface area contributed by atoms with Crippen molar-refractivity contribution in [2.45, 2.75) is 71.6 Å². The van der Waals surface area contributed by atoms with Gasteiger partial charge in [0.25, 0.3) is 0 Å². The maximum absolute atomic E-state index is 2.44. The molecule has 0 aliphatic carbocycles. The molecule has 0 spiro atoms. The Bertz CT molecular complexity index is 1100. The molecule has 0 aromatic heterocycles. The summed E-state index contributed by atoms with van der Waals surface area (Å²) in [7, 11) is 0. The Morgan fingerprint density at radius 3 is 1.16 bits per heavy atom. The van der Waals surface area contributed by atoms with E-state index >= 15 is 0 Å². The molecule has 4 aromatic rings. The van der Waals surface area contributed by atoms with E-state index in [-0.39, 0.29) is 67.3 Å². The van der Waals surface area contributed by atoms with Gasteiger partial charge >= 0.3 is 26.2 Å². The van der Waals surface area contributed by atoms with Gasteiger partial charge in [0.2, 0.25) is 0 Å². The number of benzene rings is 2. The van der Waals surface area contributed by atoms with Crippen molar-refractivity contribution < 1.29 is 51.0 Å². The molecule has 32 heavy (non-hydrogen) atoms. The van der Waals surface area contributed by atoms with Crippen molar-refractivity contribution in [3.63, 3.8) is 0 Å². The Hall–Kier alpha value is -0.877. The standard InChI is InChI=1S/C29H34.2ClH.Zr/c1-27(2,3)25-21-15-11-9-13-19(21)17-23(25)29(7,8)24-18-20-14-10-12-16-22(20)26(24)28(4,5)6;;;/h9-18H,1-8H3;2*1H;/q-2;;;+4/p-2. The van der Waals surface area contributed by atoms with Gasteiger partial charge in [-0.25, -0.2) is 0 Å². The summed E-state index contributed by atoms with van der Waals surface area (Å²) in [5, 5.41) is 5.51. The first-order valence-corrected chi connectivity index (χ1v) is 10.8. The molecular weight excluding hydrogens is 510 g/mol. The number of rotatable bonds is 2. The van der Waals surface area contributed by atoms with Crippen molar-refractivity contribution in [2.24, 2.45) is 0 Å². The van der Waals surface area contributed by atoms with E-state index in [4.69, 9.17) is 0 Å². The predicted molar refractivity (Wildman–Crippen MR) is 129 cm³/mol. The van der Waals surface area contributed by atoms with Gasteiger partial charge in [0.05, 0.1) is 0 Å². The van der Waals surface area contributed by atoms with Crippen molar-refractivity contribution in [3.05, 3.63) is 82.9 Å². The molecule has 0 bridgehead atoms. The Morgan fingerprint density at radius 1 is 0.531 bits per heavy atom. The quantitative estimate of drug-likeness (QED) is 0.340. The Morgan fingerprint density at radius 2 is 0.844 bits per heavy atom. The van der Waals surface area contributed by atoms with Crippen LogP contribution in [0.2, 0.25) is 0 Å². The third kappa shape index (κ3) is 4.82. The Labute approximate surface area is 225 Å². The molecule has 0 saturated heterocycles. The van der Waals surface area contributed by atoms with Crippen LogP contribution < -0.4 is 24.8 Å². The molecule has 0 nitrogen and oxygen atoms in total. The zero-order valence-corrected chi connectivity index (χ0v) is 24.5. The van der Waals surface area contributed by atoms with Gasteiger partial charge in [-0.15, -0.1) is 92.3 Å². The summed E-state index contributed by atoms with van der Waals surface area (Å²) in [4.78, 5) is 0. The molecule has 0 radical (unpaired) electrons. The molecule has 0 aliphatic heterocycles. The topological polar surface area (TPSA) is 0 Å². The molecule has 168 valence electrons. The minimum Gasteiger partial charge on any atom is -1.00 e. The van der Waals surface area contributed by atoms with Gasteiger partial charge in [-0.3, -0.25) is 0 Å². The summed E-state index contributed by atoms with van der Waals surface area (Å²) in [6.45, 7) is 18.9. The summed E-state index contributed by atoms with van der Waals surface area (Å²) >= 11 is 0. The maximum Gasteiger partial charge on any atom is 4.00 e. The van der Waals surface area contributed by atoms with Crippen LogP contribution >= 0.6 is 0 Å². The van der Waals surface area contributed by atoms with Crippen LogP contribution in [0.1, 0.15) is 77.6 Å².